The Bertz CT molecular complexity index is 533. The Kier molecular flexibility index (Phi) is 6.60. The van der Waals surface area contributed by atoms with Gasteiger partial charge in [-0.1, -0.05) is 19.8 Å². The van der Waals surface area contributed by atoms with Crippen LogP contribution in [-0.2, 0) is 20.0 Å². The molecule has 0 aromatic carbocycles. The quantitative estimate of drug-likeness (QED) is 0.563. The van der Waals surface area contributed by atoms with E-state index in [2.05, 4.69) is 9.44 Å². The predicted octanol–water partition coefficient (Wildman–Crippen LogP) is -0.247. The largest absolute Gasteiger partial charge is 0.329 e. The van der Waals surface area contributed by atoms with Crippen molar-refractivity contribution in [1.29, 1.82) is 0 Å². The number of rotatable bonds is 8. The highest BCUT2D eigenvalue weighted by Crippen LogP contribution is 2.33. The van der Waals surface area contributed by atoms with E-state index in [0.29, 0.717) is 0 Å². The van der Waals surface area contributed by atoms with Crippen LogP contribution in [0, 0.1) is 5.92 Å². The van der Waals surface area contributed by atoms with Crippen LogP contribution in [0.3, 0.4) is 0 Å². The highest BCUT2D eigenvalue weighted by atomic mass is 32.2. The minimum Gasteiger partial charge on any atom is -0.329 e. The zero-order valence-corrected chi connectivity index (χ0v) is 14.4. The molecule has 1 saturated carbocycles. The van der Waals surface area contributed by atoms with Crippen molar-refractivity contribution in [3.63, 3.8) is 0 Å². The fourth-order valence-electron chi connectivity index (χ4n) is 2.70. The van der Waals surface area contributed by atoms with Gasteiger partial charge in [0.15, 0.2) is 0 Å². The normalized spacial score (nSPS) is 27.7. The standard InChI is InChI=1S/C12H27N3O4S2/c1-3-20(16,17)14-8-9-21(18,19)15-12(10-13)7-5-4-6-11(12)2/h11,14-15H,3-10,13H2,1-2H3. The Morgan fingerprint density at radius 2 is 1.86 bits per heavy atom. The second kappa shape index (κ2) is 7.36. The Morgan fingerprint density at radius 1 is 1.19 bits per heavy atom. The molecule has 0 aromatic rings. The van der Waals surface area contributed by atoms with Crippen LogP contribution in [0.4, 0.5) is 0 Å². The molecule has 0 spiro atoms. The Balaban J connectivity index is 2.66. The van der Waals surface area contributed by atoms with Gasteiger partial charge in [-0.15, -0.1) is 0 Å². The number of sulfonamides is 2. The molecule has 126 valence electrons. The first kappa shape index (κ1) is 18.8. The molecule has 0 aliphatic heterocycles. The molecule has 0 radical (unpaired) electrons. The molecule has 7 nitrogen and oxygen atoms in total. The second-order valence-electron chi connectivity index (χ2n) is 5.73. The maximum Gasteiger partial charge on any atom is 0.213 e. The van der Waals surface area contributed by atoms with Gasteiger partial charge in [0, 0.05) is 18.6 Å². The fourth-order valence-corrected chi connectivity index (χ4v) is 4.93. The van der Waals surface area contributed by atoms with Gasteiger partial charge in [0.1, 0.15) is 0 Å². The van der Waals surface area contributed by atoms with E-state index in [0.717, 1.165) is 25.7 Å². The summed E-state index contributed by atoms with van der Waals surface area (Å²) in [6, 6.07) is 0. The molecular weight excluding hydrogens is 314 g/mol. The van der Waals surface area contributed by atoms with Gasteiger partial charge in [-0.05, 0) is 25.7 Å². The van der Waals surface area contributed by atoms with Crippen molar-refractivity contribution >= 4 is 20.0 Å². The Hall–Kier alpha value is -0.220. The van der Waals surface area contributed by atoms with Gasteiger partial charge < -0.3 is 5.73 Å². The Labute approximate surface area is 128 Å². The molecule has 0 amide bonds. The summed E-state index contributed by atoms with van der Waals surface area (Å²) in [6.07, 6.45) is 3.71. The van der Waals surface area contributed by atoms with Gasteiger partial charge in [-0.25, -0.2) is 26.3 Å². The lowest BCUT2D eigenvalue weighted by molar-refractivity contribution is 0.191. The lowest BCUT2D eigenvalue weighted by atomic mass is 9.74. The van der Waals surface area contributed by atoms with Crippen molar-refractivity contribution in [2.45, 2.75) is 45.1 Å². The average molecular weight is 341 g/mol. The number of nitrogens with two attached hydrogens (primary N) is 1. The van der Waals surface area contributed by atoms with Gasteiger partial charge in [0.25, 0.3) is 0 Å². The lowest BCUT2D eigenvalue weighted by Gasteiger charge is -2.42. The third-order valence-electron chi connectivity index (χ3n) is 4.25. The van der Waals surface area contributed by atoms with Crippen molar-refractivity contribution in [2.75, 3.05) is 24.6 Å². The van der Waals surface area contributed by atoms with E-state index in [1.807, 2.05) is 6.92 Å². The summed E-state index contributed by atoms with van der Waals surface area (Å²) in [6.45, 7) is 3.64. The van der Waals surface area contributed by atoms with E-state index in [-0.39, 0.29) is 30.5 Å². The van der Waals surface area contributed by atoms with Crippen molar-refractivity contribution in [3.05, 3.63) is 0 Å². The van der Waals surface area contributed by atoms with Crippen LogP contribution in [0.25, 0.3) is 0 Å². The summed E-state index contributed by atoms with van der Waals surface area (Å²) in [5, 5.41) is 0. The third kappa shape index (κ3) is 5.48. The summed E-state index contributed by atoms with van der Waals surface area (Å²) in [5.74, 6) is -0.163. The molecule has 0 aromatic heterocycles. The van der Waals surface area contributed by atoms with Crippen molar-refractivity contribution in [2.24, 2.45) is 11.7 Å². The smallest absolute Gasteiger partial charge is 0.213 e. The van der Waals surface area contributed by atoms with Crippen LogP contribution < -0.4 is 15.2 Å². The first-order valence-electron chi connectivity index (χ1n) is 7.35. The third-order valence-corrected chi connectivity index (χ3v) is 7.11. The molecule has 1 fully saturated rings. The van der Waals surface area contributed by atoms with E-state index in [1.165, 1.54) is 6.92 Å². The lowest BCUT2D eigenvalue weighted by Crippen LogP contribution is -2.59. The summed E-state index contributed by atoms with van der Waals surface area (Å²) in [4.78, 5) is 0. The van der Waals surface area contributed by atoms with Crippen molar-refractivity contribution in [1.82, 2.24) is 9.44 Å². The number of hydrogen-bond acceptors (Lipinski definition) is 5. The summed E-state index contributed by atoms with van der Waals surface area (Å²) in [7, 11) is -6.95. The first-order valence-corrected chi connectivity index (χ1v) is 10.7. The topological polar surface area (TPSA) is 118 Å². The maximum atomic E-state index is 12.2. The molecule has 2 unspecified atom stereocenters. The molecule has 1 rings (SSSR count). The minimum atomic E-state index is -3.57. The van der Waals surface area contributed by atoms with Crippen LogP contribution in [0.5, 0.6) is 0 Å². The minimum absolute atomic E-state index is 0.0652. The van der Waals surface area contributed by atoms with Gasteiger partial charge in [-0.3, -0.25) is 0 Å². The molecule has 0 saturated heterocycles. The zero-order chi connectivity index (χ0) is 16.1. The van der Waals surface area contributed by atoms with Gasteiger partial charge in [0.05, 0.1) is 11.5 Å². The monoisotopic (exact) mass is 341 g/mol. The molecule has 9 heteroatoms. The van der Waals surface area contributed by atoms with E-state index < -0.39 is 25.6 Å². The SMILES string of the molecule is CCS(=O)(=O)NCCS(=O)(=O)NC1(CN)CCCCC1C. The van der Waals surface area contributed by atoms with E-state index in [4.69, 9.17) is 5.73 Å². The molecule has 21 heavy (non-hydrogen) atoms. The highest BCUT2D eigenvalue weighted by molar-refractivity contribution is 7.90. The molecule has 2 atom stereocenters. The van der Waals surface area contributed by atoms with Crippen LogP contribution >= 0.6 is 0 Å². The van der Waals surface area contributed by atoms with E-state index in [9.17, 15) is 16.8 Å². The number of hydrogen-bond donors (Lipinski definition) is 3. The van der Waals surface area contributed by atoms with E-state index >= 15 is 0 Å². The zero-order valence-electron chi connectivity index (χ0n) is 12.8. The molecular formula is C12H27N3O4S2. The van der Waals surface area contributed by atoms with Gasteiger partial charge in [-0.2, -0.15) is 0 Å². The van der Waals surface area contributed by atoms with Crippen LogP contribution in [0.2, 0.25) is 0 Å². The molecule has 1 aliphatic rings. The Morgan fingerprint density at radius 3 is 2.38 bits per heavy atom. The van der Waals surface area contributed by atoms with Gasteiger partial charge in [0.2, 0.25) is 20.0 Å². The van der Waals surface area contributed by atoms with E-state index in [1.54, 1.807) is 0 Å². The number of nitrogens with one attached hydrogen (secondary N) is 2. The summed E-state index contributed by atoms with van der Waals surface area (Å²) < 4.78 is 52.0. The summed E-state index contributed by atoms with van der Waals surface area (Å²) in [5.41, 5.74) is 5.22. The fraction of sp³-hybridized carbons (Fsp3) is 1.00. The molecule has 1 aliphatic carbocycles. The molecule has 4 N–H and O–H groups in total. The maximum absolute atomic E-state index is 12.2. The summed E-state index contributed by atoms with van der Waals surface area (Å²) >= 11 is 0. The predicted molar refractivity (Wildman–Crippen MR) is 83.8 cm³/mol. The molecule has 0 heterocycles. The van der Waals surface area contributed by atoms with Crippen molar-refractivity contribution < 1.29 is 16.8 Å². The van der Waals surface area contributed by atoms with Crippen molar-refractivity contribution in [3.8, 4) is 0 Å². The van der Waals surface area contributed by atoms with Crippen LogP contribution in [0.15, 0.2) is 0 Å². The van der Waals surface area contributed by atoms with Crippen LogP contribution in [-0.4, -0.2) is 47.0 Å². The molecule has 0 bridgehead atoms. The van der Waals surface area contributed by atoms with Gasteiger partial charge >= 0.3 is 0 Å². The highest BCUT2D eigenvalue weighted by Gasteiger charge is 2.40. The second-order valence-corrected chi connectivity index (χ2v) is 9.66. The average Bonchev–Trinajstić information content (AvgIpc) is 2.41. The first-order chi connectivity index (χ1) is 9.66. The van der Waals surface area contributed by atoms with Crippen LogP contribution in [0.1, 0.15) is 39.5 Å².